The third-order valence-electron chi connectivity index (χ3n) is 5.47. The quantitative estimate of drug-likeness (QED) is 0.490. The van der Waals surface area contributed by atoms with Crippen molar-refractivity contribution < 1.29 is 9.53 Å². The van der Waals surface area contributed by atoms with Gasteiger partial charge in [-0.3, -0.25) is 4.79 Å². The summed E-state index contributed by atoms with van der Waals surface area (Å²) in [5.74, 6) is 0.817. The fourth-order valence-corrected chi connectivity index (χ4v) is 3.34. The number of benzene rings is 2. The number of carbonyl (C=O) groups is 1. The summed E-state index contributed by atoms with van der Waals surface area (Å²) in [5, 5.41) is 7.83. The maximum absolute atomic E-state index is 13.0. The van der Waals surface area contributed by atoms with Crippen LogP contribution < -0.4 is 10.1 Å². The van der Waals surface area contributed by atoms with Gasteiger partial charge in [-0.05, 0) is 31.0 Å². The fraction of sp³-hybridized carbons (Fsp3) is 0.240. The van der Waals surface area contributed by atoms with Crippen LogP contribution in [-0.2, 0) is 0 Å². The Hall–Kier alpha value is -3.67. The van der Waals surface area contributed by atoms with E-state index in [1.165, 1.54) is 0 Å². The molecule has 0 aliphatic rings. The van der Waals surface area contributed by atoms with E-state index in [0.29, 0.717) is 23.0 Å². The number of aromatic nitrogens is 3. The van der Waals surface area contributed by atoms with Crippen molar-refractivity contribution in [2.75, 3.05) is 7.11 Å². The molecular weight excluding hydrogens is 388 g/mol. The molecular formula is C25H26N4O2. The second-order valence-electron chi connectivity index (χ2n) is 7.90. The van der Waals surface area contributed by atoms with Gasteiger partial charge in [0.1, 0.15) is 11.4 Å². The Morgan fingerprint density at radius 2 is 1.71 bits per heavy atom. The Balaban J connectivity index is 1.90. The molecule has 0 bridgehead atoms. The molecule has 0 fully saturated rings. The molecule has 1 N–H and O–H groups in total. The van der Waals surface area contributed by atoms with Crippen LogP contribution >= 0.6 is 0 Å². The first-order chi connectivity index (χ1) is 15.0. The minimum absolute atomic E-state index is 0.0324. The summed E-state index contributed by atoms with van der Waals surface area (Å²) in [6.07, 6.45) is 0. The van der Waals surface area contributed by atoms with E-state index < -0.39 is 0 Å². The van der Waals surface area contributed by atoms with Crippen LogP contribution in [0.25, 0.3) is 28.2 Å². The number of ether oxygens (including phenoxy) is 1. The number of nitrogens with zero attached hydrogens (tertiary/aromatic N) is 3. The third kappa shape index (κ3) is 4.14. The van der Waals surface area contributed by atoms with Crippen LogP contribution in [0.5, 0.6) is 5.75 Å². The highest BCUT2D eigenvalue weighted by atomic mass is 16.5. The average Bonchev–Trinajstić information content (AvgIpc) is 3.23. The van der Waals surface area contributed by atoms with E-state index in [-0.39, 0.29) is 11.9 Å². The van der Waals surface area contributed by atoms with Gasteiger partial charge in [0.15, 0.2) is 5.65 Å². The van der Waals surface area contributed by atoms with Crippen LogP contribution in [0.15, 0.2) is 66.7 Å². The number of methoxy groups -OCH3 is 1. The maximum Gasteiger partial charge on any atom is 0.270 e. The van der Waals surface area contributed by atoms with Crippen molar-refractivity contribution >= 4 is 11.6 Å². The number of carbonyl (C=O) groups excluding carboxylic acids is 1. The molecule has 0 radical (unpaired) electrons. The Kier molecular flexibility index (Phi) is 5.71. The second kappa shape index (κ2) is 8.60. The fourth-order valence-electron chi connectivity index (χ4n) is 3.34. The second-order valence-corrected chi connectivity index (χ2v) is 7.90. The van der Waals surface area contributed by atoms with E-state index in [9.17, 15) is 4.79 Å². The van der Waals surface area contributed by atoms with Crippen LogP contribution in [0.4, 0.5) is 0 Å². The third-order valence-corrected chi connectivity index (χ3v) is 5.47. The summed E-state index contributed by atoms with van der Waals surface area (Å²) in [5.41, 5.74) is 4.30. The molecule has 0 spiro atoms. The first-order valence-corrected chi connectivity index (χ1v) is 10.4. The zero-order valence-corrected chi connectivity index (χ0v) is 18.2. The van der Waals surface area contributed by atoms with Crippen molar-refractivity contribution in [3.63, 3.8) is 0 Å². The van der Waals surface area contributed by atoms with Crippen LogP contribution in [0, 0.1) is 5.92 Å². The van der Waals surface area contributed by atoms with Crippen LogP contribution in [-0.4, -0.2) is 33.7 Å². The summed E-state index contributed by atoms with van der Waals surface area (Å²) >= 11 is 0. The Morgan fingerprint density at radius 3 is 2.42 bits per heavy atom. The standard InChI is InChI=1S/C25H26N4O2/c1-16(2)17(3)26-25(30)21-14-22(19-12-8-9-13-23(19)31-4)29-24(27-21)15-20(28-29)18-10-6-5-7-11-18/h5-17H,1-4H3,(H,26,30)/t17-/m1/s1. The van der Waals surface area contributed by atoms with Gasteiger partial charge < -0.3 is 10.1 Å². The van der Waals surface area contributed by atoms with E-state index >= 15 is 0 Å². The van der Waals surface area contributed by atoms with Crippen LogP contribution in [0.2, 0.25) is 0 Å². The minimum Gasteiger partial charge on any atom is -0.496 e. The molecule has 2 aromatic carbocycles. The predicted octanol–water partition coefficient (Wildman–Crippen LogP) is 4.85. The van der Waals surface area contributed by atoms with Crippen LogP contribution in [0.3, 0.4) is 0 Å². The molecule has 158 valence electrons. The highest BCUT2D eigenvalue weighted by Crippen LogP contribution is 2.31. The zero-order valence-electron chi connectivity index (χ0n) is 18.2. The van der Waals surface area contributed by atoms with E-state index in [1.54, 1.807) is 17.7 Å². The molecule has 2 aromatic heterocycles. The van der Waals surface area contributed by atoms with Crippen molar-refractivity contribution in [3.05, 3.63) is 72.4 Å². The monoisotopic (exact) mass is 414 g/mol. The number of amides is 1. The summed E-state index contributed by atoms with van der Waals surface area (Å²) in [4.78, 5) is 17.6. The molecule has 2 heterocycles. The number of rotatable bonds is 6. The first-order valence-electron chi connectivity index (χ1n) is 10.4. The zero-order chi connectivity index (χ0) is 22.0. The Labute approximate surface area is 181 Å². The smallest absolute Gasteiger partial charge is 0.270 e. The minimum atomic E-state index is -0.206. The lowest BCUT2D eigenvalue weighted by Gasteiger charge is -2.17. The topological polar surface area (TPSA) is 68.5 Å². The van der Waals surface area contributed by atoms with Gasteiger partial charge in [-0.2, -0.15) is 5.10 Å². The first kappa shape index (κ1) is 20.6. The molecule has 4 rings (SSSR count). The normalized spacial score (nSPS) is 12.2. The highest BCUT2D eigenvalue weighted by molar-refractivity contribution is 5.94. The van der Waals surface area contributed by atoms with Crippen LogP contribution in [0.1, 0.15) is 31.3 Å². The van der Waals surface area contributed by atoms with E-state index in [1.807, 2.05) is 67.6 Å². The molecule has 0 saturated heterocycles. The van der Waals surface area contributed by atoms with Crippen molar-refractivity contribution in [2.45, 2.75) is 26.8 Å². The molecule has 0 aliphatic carbocycles. The Morgan fingerprint density at radius 1 is 1.00 bits per heavy atom. The number of nitrogens with one attached hydrogen (secondary N) is 1. The van der Waals surface area contributed by atoms with Gasteiger partial charge in [0, 0.05) is 23.2 Å². The number of para-hydroxylation sites is 1. The van der Waals surface area contributed by atoms with Gasteiger partial charge in [-0.1, -0.05) is 56.3 Å². The summed E-state index contributed by atoms with van der Waals surface area (Å²) < 4.78 is 7.34. The van der Waals surface area contributed by atoms with Gasteiger partial charge >= 0.3 is 0 Å². The predicted molar refractivity (Wildman–Crippen MR) is 122 cm³/mol. The molecule has 4 aromatic rings. The molecule has 31 heavy (non-hydrogen) atoms. The number of fused-ring (bicyclic) bond motifs is 1. The number of hydrogen-bond acceptors (Lipinski definition) is 4. The van der Waals surface area contributed by atoms with Gasteiger partial charge in [0.05, 0.1) is 18.5 Å². The van der Waals surface area contributed by atoms with Crippen molar-refractivity contribution in [1.82, 2.24) is 19.9 Å². The SMILES string of the molecule is COc1ccccc1-c1cc(C(=O)N[C@H](C)C(C)C)nc2cc(-c3ccccc3)nn12. The van der Waals surface area contributed by atoms with Gasteiger partial charge in [-0.15, -0.1) is 0 Å². The summed E-state index contributed by atoms with van der Waals surface area (Å²) in [7, 11) is 1.63. The largest absolute Gasteiger partial charge is 0.496 e. The lowest BCUT2D eigenvalue weighted by Crippen LogP contribution is -2.36. The van der Waals surface area contributed by atoms with Crippen molar-refractivity contribution in [3.8, 4) is 28.3 Å². The van der Waals surface area contributed by atoms with Crippen molar-refractivity contribution in [2.24, 2.45) is 5.92 Å². The summed E-state index contributed by atoms with van der Waals surface area (Å²) in [6.45, 7) is 6.14. The molecule has 0 saturated carbocycles. The van der Waals surface area contributed by atoms with Gasteiger partial charge in [-0.25, -0.2) is 9.50 Å². The maximum atomic E-state index is 13.0. The van der Waals surface area contributed by atoms with E-state index in [0.717, 1.165) is 22.5 Å². The molecule has 6 nitrogen and oxygen atoms in total. The van der Waals surface area contributed by atoms with Crippen molar-refractivity contribution in [1.29, 1.82) is 0 Å². The average molecular weight is 415 g/mol. The Bertz CT molecular complexity index is 1210. The summed E-state index contributed by atoms with van der Waals surface area (Å²) in [6, 6.07) is 21.3. The lowest BCUT2D eigenvalue weighted by atomic mass is 10.1. The number of hydrogen-bond donors (Lipinski definition) is 1. The van der Waals surface area contributed by atoms with Gasteiger partial charge in [0.25, 0.3) is 5.91 Å². The molecule has 0 unspecified atom stereocenters. The van der Waals surface area contributed by atoms with E-state index in [2.05, 4.69) is 24.1 Å². The highest BCUT2D eigenvalue weighted by Gasteiger charge is 2.20. The molecule has 1 atom stereocenters. The molecule has 0 aliphatic heterocycles. The van der Waals surface area contributed by atoms with E-state index in [4.69, 9.17) is 9.84 Å². The molecule has 1 amide bonds. The van der Waals surface area contributed by atoms with Gasteiger partial charge in [0.2, 0.25) is 0 Å². The molecule has 6 heteroatoms. The lowest BCUT2D eigenvalue weighted by molar-refractivity contribution is 0.0925.